The Hall–Kier alpha value is -1.62. The first-order valence-electron chi connectivity index (χ1n) is 6.80. The average molecular weight is 262 g/mol. The first kappa shape index (κ1) is 12.4. The molecule has 0 spiro atoms. The molecular formula is C14H19FN4. The molecule has 1 atom stereocenters. The predicted molar refractivity (Wildman–Crippen MR) is 74.5 cm³/mol. The molecule has 1 unspecified atom stereocenters. The Morgan fingerprint density at radius 2 is 2.11 bits per heavy atom. The molecule has 1 aromatic heterocycles. The Balaban J connectivity index is 1.93. The van der Waals surface area contributed by atoms with Gasteiger partial charge in [0.15, 0.2) is 0 Å². The zero-order valence-corrected chi connectivity index (χ0v) is 11.1. The maximum absolute atomic E-state index is 13.4. The molecule has 1 fully saturated rings. The van der Waals surface area contributed by atoms with Crippen LogP contribution in [0.4, 0.5) is 10.3 Å². The van der Waals surface area contributed by atoms with Crippen molar-refractivity contribution in [2.24, 2.45) is 0 Å². The monoisotopic (exact) mass is 262 g/mol. The highest BCUT2D eigenvalue weighted by Crippen LogP contribution is 2.24. The van der Waals surface area contributed by atoms with Crippen molar-refractivity contribution < 1.29 is 4.39 Å². The van der Waals surface area contributed by atoms with Gasteiger partial charge in [-0.15, -0.1) is 0 Å². The second-order valence-electron chi connectivity index (χ2n) is 5.33. The Kier molecular flexibility index (Phi) is 3.14. The number of nitrogen functional groups attached to an aromatic ring is 1. The molecular weight excluding hydrogens is 243 g/mol. The minimum atomic E-state index is -0.248. The zero-order valence-electron chi connectivity index (χ0n) is 11.1. The largest absolute Gasteiger partial charge is 0.369 e. The molecule has 1 aliphatic rings. The molecule has 0 bridgehead atoms. The van der Waals surface area contributed by atoms with E-state index in [1.807, 2.05) is 4.57 Å². The van der Waals surface area contributed by atoms with Gasteiger partial charge in [0.1, 0.15) is 5.82 Å². The number of hydrogen-bond acceptors (Lipinski definition) is 3. The van der Waals surface area contributed by atoms with Gasteiger partial charge in [0, 0.05) is 12.6 Å². The van der Waals surface area contributed by atoms with Crippen molar-refractivity contribution in [3.8, 4) is 0 Å². The topological polar surface area (TPSA) is 47.1 Å². The van der Waals surface area contributed by atoms with Crippen molar-refractivity contribution in [1.29, 1.82) is 0 Å². The van der Waals surface area contributed by atoms with Crippen molar-refractivity contribution in [1.82, 2.24) is 14.5 Å². The van der Waals surface area contributed by atoms with Gasteiger partial charge in [-0.05, 0) is 51.1 Å². The summed E-state index contributed by atoms with van der Waals surface area (Å²) in [5.74, 6) is 0.217. The summed E-state index contributed by atoms with van der Waals surface area (Å²) in [7, 11) is 0. The molecule has 0 radical (unpaired) electrons. The van der Waals surface area contributed by atoms with Crippen molar-refractivity contribution in [3.63, 3.8) is 0 Å². The number of halogens is 1. The van der Waals surface area contributed by atoms with E-state index in [4.69, 9.17) is 5.73 Å². The van der Waals surface area contributed by atoms with Crippen LogP contribution in [0.1, 0.15) is 25.8 Å². The zero-order chi connectivity index (χ0) is 13.4. The fourth-order valence-corrected chi connectivity index (χ4v) is 2.97. The summed E-state index contributed by atoms with van der Waals surface area (Å²) in [4.78, 5) is 6.73. The van der Waals surface area contributed by atoms with Gasteiger partial charge in [-0.1, -0.05) is 0 Å². The number of aromatic nitrogens is 2. The van der Waals surface area contributed by atoms with Crippen LogP contribution >= 0.6 is 0 Å². The van der Waals surface area contributed by atoms with Gasteiger partial charge < -0.3 is 15.2 Å². The average Bonchev–Trinajstić information content (AvgIpc) is 2.95. The van der Waals surface area contributed by atoms with Crippen LogP contribution in [0.5, 0.6) is 0 Å². The molecule has 0 saturated carbocycles. The minimum Gasteiger partial charge on any atom is -0.369 e. The van der Waals surface area contributed by atoms with E-state index in [9.17, 15) is 4.39 Å². The van der Waals surface area contributed by atoms with Crippen molar-refractivity contribution >= 4 is 17.0 Å². The minimum absolute atomic E-state index is 0.199. The third-order valence-electron chi connectivity index (χ3n) is 3.84. The molecule has 0 amide bonds. The number of fused-ring (bicyclic) bond motifs is 1. The Morgan fingerprint density at radius 3 is 2.84 bits per heavy atom. The van der Waals surface area contributed by atoms with Gasteiger partial charge in [-0.25, -0.2) is 9.37 Å². The SMILES string of the molecule is CC(CN1CCCC1)n1c(N)nc2ccc(F)cc21. The van der Waals surface area contributed by atoms with Gasteiger partial charge >= 0.3 is 0 Å². The fourth-order valence-electron chi connectivity index (χ4n) is 2.97. The van der Waals surface area contributed by atoms with Crippen LogP contribution in [-0.4, -0.2) is 34.1 Å². The number of likely N-dealkylation sites (tertiary alicyclic amines) is 1. The number of anilines is 1. The van der Waals surface area contributed by atoms with Crippen molar-refractivity contribution in [2.45, 2.75) is 25.8 Å². The van der Waals surface area contributed by atoms with E-state index >= 15 is 0 Å². The molecule has 3 rings (SSSR count). The number of imidazole rings is 1. The van der Waals surface area contributed by atoms with Crippen molar-refractivity contribution in [3.05, 3.63) is 24.0 Å². The molecule has 2 aromatic rings. The third kappa shape index (κ3) is 2.30. The van der Waals surface area contributed by atoms with E-state index in [1.165, 1.54) is 25.0 Å². The lowest BCUT2D eigenvalue weighted by molar-refractivity contribution is 0.291. The summed E-state index contributed by atoms with van der Waals surface area (Å²) in [6, 6.07) is 4.81. The maximum atomic E-state index is 13.4. The quantitative estimate of drug-likeness (QED) is 0.924. The van der Waals surface area contributed by atoms with Crippen LogP contribution in [-0.2, 0) is 0 Å². The highest BCUT2D eigenvalue weighted by atomic mass is 19.1. The molecule has 2 heterocycles. The molecule has 4 nitrogen and oxygen atoms in total. The van der Waals surface area contributed by atoms with Gasteiger partial charge in [0.25, 0.3) is 0 Å². The van der Waals surface area contributed by atoms with E-state index in [0.29, 0.717) is 5.95 Å². The molecule has 19 heavy (non-hydrogen) atoms. The summed E-state index contributed by atoms with van der Waals surface area (Å²) in [5, 5.41) is 0. The Morgan fingerprint density at radius 1 is 1.37 bits per heavy atom. The van der Waals surface area contributed by atoms with Gasteiger partial charge in [-0.3, -0.25) is 0 Å². The number of rotatable bonds is 3. The Labute approximate surface area is 112 Å². The van der Waals surface area contributed by atoms with E-state index in [2.05, 4.69) is 16.8 Å². The first-order chi connectivity index (χ1) is 9.15. The molecule has 5 heteroatoms. The summed E-state index contributed by atoms with van der Waals surface area (Å²) >= 11 is 0. The second-order valence-corrected chi connectivity index (χ2v) is 5.33. The lowest BCUT2D eigenvalue weighted by atomic mass is 10.2. The van der Waals surface area contributed by atoms with Gasteiger partial charge in [-0.2, -0.15) is 0 Å². The highest BCUT2D eigenvalue weighted by Gasteiger charge is 2.19. The van der Waals surface area contributed by atoms with E-state index < -0.39 is 0 Å². The van der Waals surface area contributed by atoms with Crippen LogP contribution in [0, 0.1) is 5.82 Å². The fraction of sp³-hybridized carbons (Fsp3) is 0.500. The standard InChI is InChI=1S/C14H19FN4/c1-10(9-18-6-2-3-7-18)19-13-8-11(15)4-5-12(13)17-14(19)16/h4-5,8,10H,2-3,6-7,9H2,1H3,(H2,16,17). The van der Waals surface area contributed by atoms with E-state index in [0.717, 1.165) is 30.7 Å². The van der Waals surface area contributed by atoms with Crippen LogP contribution in [0.2, 0.25) is 0 Å². The summed E-state index contributed by atoms with van der Waals surface area (Å²) in [5.41, 5.74) is 7.53. The van der Waals surface area contributed by atoms with Crippen LogP contribution in [0.25, 0.3) is 11.0 Å². The van der Waals surface area contributed by atoms with Crippen LogP contribution < -0.4 is 5.73 Å². The Bertz CT molecular complexity index is 586. The highest BCUT2D eigenvalue weighted by molar-refractivity contribution is 5.78. The molecule has 102 valence electrons. The normalized spacial score (nSPS) is 18.2. The molecule has 1 saturated heterocycles. The maximum Gasteiger partial charge on any atom is 0.201 e. The van der Waals surface area contributed by atoms with Crippen LogP contribution in [0.3, 0.4) is 0 Å². The van der Waals surface area contributed by atoms with Crippen LogP contribution in [0.15, 0.2) is 18.2 Å². The first-order valence-corrected chi connectivity index (χ1v) is 6.80. The second kappa shape index (κ2) is 4.81. The summed E-state index contributed by atoms with van der Waals surface area (Å²) in [6.07, 6.45) is 2.53. The third-order valence-corrected chi connectivity index (χ3v) is 3.84. The van der Waals surface area contributed by atoms with Gasteiger partial charge in [0.2, 0.25) is 5.95 Å². The number of nitrogens with two attached hydrogens (primary N) is 1. The number of nitrogens with zero attached hydrogens (tertiary/aromatic N) is 3. The lowest BCUT2D eigenvalue weighted by Crippen LogP contribution is -2.27. The number of benzene rings is 1. The summed E-state index contributed by atoms with van der Waals surface area (Å²) in [6.45, 7) is 5.34. The van der Waals surface area contributed by atoms with E-state index in [1.54, 1.807) is 6.07 Å². The molecule has 1 aromatic carbocycles. The van der Waals surface area contributed by atoms with Crippen molar-refractivity contribution in [2.75, 3.05) is 25.4 Å². The molecule has 1 aliphatic heterocycles. The van der Waals surface area contributed by atoms with E-state index in [-0.39, 0.29) is 11.9 Å². The molecule has 2 N–H and O–H groups in total. The van der Waals surface area contributed by atoms with Gasteiger partial charge in [0.05, 0.1) is 11.0 Å². The summed E-state index contributed by atoms with van der Waals surface area (Å²) < 4.78 is 15.3. The molecule has 0 aliphatic carbocycles. The lowest BCUT2D eigenvalue weighted by Gasteiger charge is -2.22. The number of hydrogen-bond donors (Lipinski definition) is 1. The predicted octanol–water partition coefficient (Wildman–Crippen LogP) is 2.41. The smallest absolute Gasteiger partial charge is 0.201 e.